The van der Waals surface area contributed by atoms with Crippen LogP contribution in [0.1, 0.15) is 81.1 Å². The summed E-state index contributed by atoms with van der Waals surface area (Å²) in [6.45, 7) is 14.6. The summed E-state index contributed by atoms with van der Waals surface area (Å²) < 4.78 is 0. The molecular formula is C27H50N4O6. The van der Waals surface area contributed by atoms with E-state index < -0.39 is 42.0 Å². The minimum atomic E-state index is -1.12. The number of hydrogen-bond acceptors (Lipinski definition) is 5. The van der Waals surface area contributed by atoms with E-state index in [9.17, 15) is 29.1 Å². The Morgan fingerprint density at radius 2 is 1.24 bits per heavy atom. The summed E-state index contributed by atoms with van der Waals surface area (Å²) in [4.78, 5) is 68.4. The number of carbonyl (C=O) groups is 5. The second-order valence-corrected chi connectivity index (χ2v) is 11.2. The molecule has 4 unspecified atom stereocenters. The molecule has 0 rings (SSSR count). The van der Waals surface area contributed by atoms with Crippen LogP contribution in [0.15, 0.2) is 0 Å². The highest BCUT2D eigenvalue weighted by Gasteiger charge is 2.40. The van der Waals surface area contributed by atoms with Gasteiger partial charge in [-0.25, -0.2) is 4.79 Å². The molecule has 0 fully saturated rings. The molecule has 10 heteroatoms. The smallest absolute Gasteiger partial charge is 0.326 e. The number of amides is 4. The Bertz CT molecular complexity index is 798. The maximum Gasteiger partial charge on any atom is 0.326 e. The van der Waals surface area contributed by atoms with Gasteiger partial charge in [0.15, 0.2) is 0 Å². The molecule has 0 saturated heterocycles. The summed E-state index contributed by atoms with van der Waals surface area (Å²) in [6, 6.07) is -3.54. The lowest BCUT2D eigenvalue weighted by Gasteiger charge is -2.39. The van der Waals surface area contributed by atoms with Gasteiger partial charge in [0.25, 0.3) is 0 Å². The molecule has 0 spiro atoms. The summed E-state index contributed by atoms with van der Waals surface area (Å²) in [5.74, 6) is -2.74. The first kappa shape index (κ1) is 34.4. The van der Waals surface area contributed by atoms with E-state index in [4.69, 9.17) is 0 Å². The van der Waals surface area contributed by atoms with Crippen molar-refractivity contribution in [3.05, 3.63) is 0 Å². The standard InChI is InChI=1S/C27H50N4O6/c1-12-13-20(27(36)37)28-24(33)21(14-16(2)3)30(10)26(35)23(18(6)7)31(11)25(34)22(15-17(4)5)29(9)19(8)32/h16-18,20-23H,12-15H2,1-11H3,(H,28,33)(H,36,37). The molecule has 4 atom stereocenters. The summed E-state index contributed by atoms with van der Waals surface area (Å²) in [7, 11) is 4.66. The number of carboxylic acid groups (broad SMARTS) is 1. The van der Waals surface area contributed by atoms with E-state index in [0.717, 1.165) is 0 Å². The first-order chi connectivity index (χ1) is 17.0. The molecule has 0 aliphatic heterocycles. The first-order valence-corrected chi connectivity index (χ1v) is 13.3. The number of aliphatic carboxylic acids is 1. The Kier molecular flexibility index (Phi) is 14.5. The van der Waals surface area contributed by atoms with Crippen molar-refractivity contribution in [1.82, 2.24) is 20.0 Å². The van der Waals surface area contributed by atoms with E-state index in [1.54, 1.807) is 14.1 Å². The third kappa shape index (κ3) is 10.3. The maximum atomic E-state index is 13.8. The molecule has 0 aliphatic carbocycles. The van der Waals surface area contributed by atoms with Gasteiger partial charge in [0, 0.05) is 28.1 Å². The van der Waals surface area contributed by atoms with Crippen molar-refractivity contribution >= 4 is 29.6 Å². The molecule has 4 amide bonds. The van der Waals surface area contributed by atoms with Crippen molar-refractivity contribution in [2.24, 2.45) is 17.8 Å². The van der Waals surface area contributed by atoms with Crippen molar-refractivity contribution in [3.8, 4) is 0 Å². The fraction of sp³-hybridized carbons (Fsp3) is 0.815. The second-order valence-electron chi connectivity index (χ2n) is 11.2. The van der Waals surface area contributed by atoms with Crippen LogP contribution in [0.2, 0.25) is 0 Å². The van der Waals surface area contributed by atoms with Gasteiger partial charge in [0.05, 0.1) is 0 Å². The number of carbonyl (C=O) groups excluding carboxylic acids is 4. The summed E-state index contributed by atoms with van der Waals surface area (Å²) >= 11 is 0. The van der Waals surface area contributed by atoms with Gasteiger partial charge >= 0.3 is 5.97 Å². The number of likely N-dealkylation sites (N-methyl/N-ethyl adjacent to an activating group) is 3. The Hall–Kier alpha value is -2.65. The zero-order chi connectivity index (χ0) is 29.2. The Morgan fingerprint density at radius 1 is 0.757 bits per heavy atom. The van der Waals surface area contributed by atoms with Crippen LogP contribution in [0.3, 0.4) is 0 Å². The van der Waals surface area contributed by atoms with Crippen LogP contribution in [0.4, 0.5) is 0 Å². The molecule has 0 aromatic rings. The predicted molar refractivity (Wildman–Crippen MR) is 144 cm³/mol. The fourth-order valence-electron chi connectivity index (χ4n) is 4.42. The lowest BCUT2D eigenvalue weighted by atomic mass is 9.95. The summed E-state index contributed by atoms with van der Waals surface area (Å²) in [6.07, 6.45) is 1.63. The molecule has 0 saturated carbocycles. The highest BCUT2D eigenvalue weighted by atomic mass is 16.4. The predicted octanol–water partition coefficient (Wildman–Crippen LogP) is 2.61. The molecule has 0 aromatic carbocycles. The van der Waals surface area contributed by atoms with Crippen molar-refractivity contribution in [1.29, 1.82) is 0 Å². The van der Waals surface area contributed by atoms with Gasteiger partial charge in [-0.3, -0.25) is 19.2 Å². The van der Waals surface area contributed by atoms with Crippen LogP contribution in [0.5, 0.6) is 0 Å². The molecule has 37 heavy (non-hydrogen) atoms. The van der Waals surface area contributed by atoms with Crippen molar-refractivity contribution in [2.45, 2.75) is 105 Å². The normalized spacial score (nSPS) is 14.6. The molecule has 0 aromatic heterocycles. The van der Waals surface area contributed by atoms with Crippen LogP contribution < -0.4 is 5.32 Å². The SMILES string of the molecule is CCCC(NC(=O)C(CC(C)C)N(C)C(=O)C(C(C)C)N(C)C(=O)C(CC(C)C)N(C)C(C)=O)C(=O)O. The molecule has 0 aliphatic rings. The zero-order valence-corrected chi connectivity index (χ0v) is 24.7. The minimum absolute atomic E-state index is 0.0527. The van der Waals surface area contributed by atoms with Gasteiger partial charge in [-0.2, -0.15) is 0 Å². The second kappa shape index (κ2) is 15.6. The molecule has 0 radical (unpaired) electrons. The molecule has 0 heterocycles. The largest absolute Gasteiger partial charge is 0.480 e. The highest BCUT2D eigenvalue weighted by molar-refractivity contribution is 5.94. The van der Waals surface area contributed by atoms with Gasteiger partial charge in [0.2, 0.25) is 23.6 Å². The summed E-state index contributed by atoms with van der Waals surface area (Å²) in [5, 5.41) is 12.1. The first-order valence-electron chi connectivity index (χ1n) is 13.3. The van der Waals surface area contributed by atoms with Gasteiger partial charge in [-0.05, 0) is 37.0 Å². The maximum absolute atomic E-state index is 13.8. The lowest BCUT2D eigenvalue weighted by Crippen LogP contribution is -2.60. The molecular weight excluding hydrogens is 476 g/mol. The number of carboxylic acids is 1. The van der Waals surface area contributed by atoms with Gasteiger partial charge in [0.1, 0.15) is 24.2 Å². The van der Waals surface area contributed by atoms with E-state index in [1.165, 1.54) is 28.7 Å². The van der Waals surface area contributed by atoms with Crippen LogP contribution in [-0.4, -0.2) is 94.7 Å². The number of nitrogens with zero attached hydrogens (tertiary/aromatic N) is 3. The van der Waals surface area contributed by atoms with E-state index in [1.807, 2.05) is 48.5 Å². The number of rotatable bonds is 15. The van der Waals surface area contributed by atoms with Gasteiger partial charge < -0.3 is 25.1 Å². The van der Waals surface area contributed by atoms with Crippen LogP contribution >= 0.6 is 0 Å². The summed E-state index contributed by atoms with van der Waals surface area (Å²) in [5.41, 5.74) is 0. The Morgan fingerprint density at radius 3 is 1.62 bits per heavy atom. The van der Waals surface area contributed by atoms with Crippen LogP contribution in [0.25, 0.3) is 0 Å². The van der Waals surface area contributed by atoms with E-state index in [0.29, 0.717) is 19.3 Å². The van der Waals surface area contributed by atoms with Crippen molar-refractivity contribution in [2.75, 3.05) is 21.1 Å². The van der Waals surface area contributed by atoms with E-state index in [-0.39, 0.29) is 36.0 Å². The molecule has 2 N–H and O–H groups in total. The molecule has 214 valence electrons. The quantitative estimate of drug-likeness (QED) is 0.338. The van der Waals surface area contributed by atoms with Crippen LogP contribution in [0, 0.1) is 17.8 Å². The topological polar surface area (TPSA) is 127 Å². The lowest BCUT2D eigenvalue weighted by molar-refractivity contribution is -0.153. The van der Waals surface area contributed by atoms with Gasteiger partial charge in [-0.1, -0.05) is 54.9 Å². The van der Waals surface area contributed by atoms with Gasteiger partial charge in [-0.15, -0.1) is 0 Å². The monoisotopic (exact) mass is 526 g/mol. The zero-order valence-electron chi connectivity index (χ0n) is 24.7. The highest BCUT2D eigenvalue weighted by Crippen LogP contribution is 2.21. The van der Waals surface area contributed by atoms with Crippen LogP contribution in [-0.2, 0) is 24.0 Å². The molecule has 0 bridgehead atoms. The van der Waals surface area contributed by atoms with Crippen molar-refractivity contribution < 1.29 is 29.1 Å². The fourth-order valence-corrected chi connectivity index (χ4v) is 4.42. The van der Waals surface area contributed by atoms with E-state index in [2.05, 4.69) is 5.32 Å². The minimum Gasteiger partial charge on any atom is -0.480 e. The van der Waals surface area contributed by atoms with E-state index >= 15 is 0 Å². The third-order valence-electron chi connectivity index (χ3n) is 6.60. The third-order valence-corrected chi connectivity index (χ3v) is 6.60. The number of hydrogen-bond donors (Lipinski definition) is 2. The molecule has 10 nitrogen and oxygen atoms in total. The average Bonchev–Trinajstić information content (AvgIpc) is 2.78. The average molecular weight is 527 g/mol. The number of nitrogens with one attached hydrogen (secondary N) is 1. The Balaban J connectivity index is 6.16. The van der Waals surface area contributed by atoms with Crippen molar-refractivity contribution in [3.63, 3.8) is 0 Å². The Labute approximate surface area is 223 Å².